The van der Waals surface area contributed by atoms with E-state index in [-0.39, 0.29) is 36.3 Å². The summed E-state index contributed by atoms with van der Waals surface area (Å²) in [5.41, 5.74) is 10.3. The first-order chi connectivity index (χ1) is 11.1. The van der Waals surface area contributed by atoms with E-state index in [1.807, 2.05) is 30.3 Å². The van der Waals surface area contributed by atoms with Crippen molar-refractivity contribution in [3.63, 3.8) is 0 Å². The maximum atomic E-state index is 12.7. The minimum Gasteiger partial charge on any atom is -0.348 e. The highest BCUT2D eigenvalue weighted by Gasteiger charge is 2.32. The van der Waals surface area contributed by atoms with Crippen LogP contribution in [0.2, 0.25) is 0 Å². The number of carbonyl (C=O) groups excluding carboxylic acids is 2. The Morgan fingerprint density at radius 3 is 2.67 bits per heavy atom. The Bertz CT molecular complexity index is 822. The smallest absolute Gasteiger partial charge is 0.252 e. The molecule has 1 heterocycles. The van der Waals surface area contributed by atoms with E-state index >= 15 is 0 Å². The van der Waals surface area contributed by atoms with Crippen molar-refractivity contribution in [1.29, 1.82) is 0 Å². The number of benzene rings is 2. The summed E-state index contributed by atoms with van der Waals surface area (Å²) in [5, 5.41) is 5.75. The van der Waals surface area contributed by atoms with E-state index in [2.05, 4.69) is 10.6 Å². The number of nitrogens with two attached hydrogens (primary N) is 1. The van der Waals surface area contributed by atoms with Crippen molar-refractivity contribution in [2.24, 2.45) is 5.73 Å². The van der Waals surface area contributed by atoms with Gasteiger partial charge in [0.05, 0.1) is 23.2 Å². The van der Waals surface area contributed by atoms with Gasteiger partial charge in [-0.25, -0.2) is 0 Å². The van der Waals surface area contributed by atoms with Crippen LogP contribution in [0.15, 0.2) is 42.5 Å². The van der Waals surface area contributed by atoms with Crippen molar-refractivity contribution in [3.05, 3.63) is 70.3 Å². The largest absolute Gasteiger partial charge is 0.348 e. The van der Waals surface area contributed by atoms with Crippen molar-refractivity contribution in [2.45, 2.75) is 25.0 Å². The first-order valence-corrected chi connectivity index (χ1v) is 7.69. The molecule has 0 unspecified atom stereocenters. The highest BCUT2D eigenvalue weighted by Crippen LogP contribution is 2.30. The number of hydrogen-bond acceptors (Lipinski definition) is 3. The van der Waals surface area contributed by atoms with Gasteiger partial charge in [0.2, 0.25) is 0 Å². The molecule has 2 aromatic carbocycles. The SMILES string of the molecule is Cl.N[C@@H]1c2ccccc2C[C@H]1NC(=O)c1cccc2c1C(=O)NC2. The molecular weight excluding hydrogens is 326 g/mol. The fourth-order valence-electron chi connectivity index (χ4n) is 3.48. The lowest BCUT2D eigenvalue weighted by Gasteiger charge is -2.18. The predicted molar refractivity (Wildman–Crippen MR) is 93.2 cm³/mol. The van der Waals surface area contributed by atoms with Gasteiger partial charge in [0.15, 0.2) is 0 Å². The lowest BCUT2D eigenvalue weighted by atomic mass is 10.0. The quantitative estimate of drug-likeness (QED) is 0.776. The molecule has 2 aliphatic rings. The second-order valence-corrected chi connectivity index (χ2v) is 6.03. The zero-order valence-corrected chi connectivity index (χ0v) is 13.7. The summed E-state index contributed by atoms with van der Waals surface area (Å²) in [6, 6.07) is 12.9. The lowest BCUT2D eigenvalue weighted by Crippen LogP contribution is -2.41. The maximum absolute atomic E-state index is 12.7. The van der Waals surface area contributed by atoms with Crippen LogP contribution in [0.1, 0.15) is 43.4 Å². The predicted octanol–water partition coefficient (Wildman–Crippen LogP) is 1.71. The van der Waals surface area contributed by atoms with Crippen molar-refractivity contribution in [3.8, 4) is 0 Å². The van der Waals surface area contributed by atoms with Gasteiger partial charge in [0, 0.05) is 6.54 Å². The highest BCUT2D eigenvalue weighted by atomic mass is 35.5. The fourth-order valence-corrected chi connectivity index (χ4v) is 3.48. The Kier molecular flexibility index (Phi) is 4.30. The Morgan fingerprint density at radius 1 is 1.12 bits per heavy atom. The van der Waals surface area contributed by atoms with Crippen LogP contribution in [-0.2, 0) is 13.0 Å². The zero-order chi connectivity index (χ0) is 16.0. The molecule has 0 bridgehead atoms. The molecule has 1 aliphatic carbocycles. The minimum atomic E-state index is -0.243. The van der Waals surface area contributed by atoms with Crippen molar-refractivity contribution in [1.82, 2.24) is 10.6 Å². The minimum absolute atomic E-state index is 0. The molecule has 0 saturated carbocycles. The van der Waals surface area contributed by atoms with E-state index in [1.54, 1.807) is 12.1 Å². The van der Waals surface area contributed by atoms with Crippen LogP contribution in [0.3, 0.4) is 0 Å². The topological polar surface area (TPSA) is 84.2 Å². The van der Waals surface area contributed by atoms with Gasteiger partial charge >= 0.3 is 0 Å². The second kappa shape index (κ2) is 6.26. The van der Waals surface area contributed by atoms with Crippen LogP contribution in [0.25, 0.3) is 0 Å². The Morgan fingerprint density at radius 2 is 1.88 bits per heavy atom. The molecule has 2 amide bonds. The van der Waals surface area contributed by atoms with Gasteiger partial charge in [-0.3, -0.25) is 9.59 Å². The van der Waals surface area contributed by atoms with Gasteiger partial charge in [-0.2, -0.15) is 0 Å². The number of halogens is 1. The first kappa shape index (κ1) is 16.5. The molecule has 0 aromatic heterocycles. The van der Waals surface area contributed by atoms with Crippen LogP contribution in [-0.4, -0.2) is 17.9 Å². The molecule has 1 aliphatic heterocycles. The lowest BCUT2D eigenvalue weighted by molar-refractivity contribution is 0.0913. The normalized spacial score (nSPS) is 20.6. The third-order valence-corrected chi connectivity index (χ3v) is 4.67. The van der Waals surface area contributed by atoms with Gasteiger partial charge in [0.25, 0.3) is 11.8 Å². The molecule has 4 N–H and O–H groups in total. The summed E-state index contributed by atoms with van der Waals surface area (Å²) >= 11 is 0. The standard InChI is InChI=1S/C18H17N3O2.ClH/c19-16-12-6-2-1-4-10(12)8-14(16)21-17(22)13-7-3-5-11-9-20-18(23)15(11)13;/h1-7,14,16H,8-9,19H2,(H,20,23)(H,21,22);1H/t14-,16-;/m1./s1. The van der Waals surface area contributed by atoms with E-state index < -0.39 is 0 Å². The Balaban J connectivity index is 0.00000169. The summed E-state index contributed by atoms with van der Waals surface area (Å²) in [6.07, 6.45) is 0.713. The number of hydrogen-bond donors (Lipinski definition) is 3. The summed E-state index contributed by atoms with van der Waals surface area (Å²) in [7, 11) is 0. The van der Waals surface area contributed by atoms with E-state index in [0.717, 1.165) is 11.1 Å². The molecule has 0 saturated heterocycles. The number of fused-ring (bicyclic) bond motifs is 2. The van der Waals surface area contributed by atoms with Crippen LogP contribution in [0.5, 0.6) is 0 Å². The summed E-state index contributed by atoms with van der Waals surface area (Å²) in [5.74, 6) is -0.433. The van der Waals surface area contributed by atoms with E-state index in [4.69, 9.17) is 5.73 Å². The molecule has 4 rings (SSSR count). The monoisotopic (exact) mass is 343 g/mol. The molecule has 24 heavy (non-hydrogen) atoms. The highest BCUT2D eigenvalue weighted by molar-refractivity contribution is 6.09. The van der Waals surface area contributed by atoms with Gasteiger partial charge in [-0.15, -0.1) is 12.4 Å². The second-order valence-electron chi connectivity index (χ2n) is 6.03. The van der Waals surface area contributed by atoms with E-state index in [0.29, 0.717) is 24.1 Å². The molecule has 2 aromatic rings. The van der Waals surface area contributed by atoms with Crippen LogP contribution < -0.4 is 16.4 Å². The average molecular weight is 344 g/mol. The molecule has 0 fully saturated rings. The van der Waals surface area contributed by atoms with Crippen molar-refractivity contribution < 1.29 is 9.59 Å². The third-order valence-electron chi connectivity index (χ3n) is 4.67. The molecule has 0 spiro atoms. The fraction of sp³-hybridized carbons (Fsp3) is 0.222. The molecule has 6 heteroatoms. The summed E-state index contributed by atoms with van der Waals surface area (Å²) in [4.78, 5) is 24.6. The molecule has 0 radical (unpaired) electrons. The van der Waals surface area contributed by atoms with Gasteiger partial charge in [-0.1, -0.05) is 36.4 Å². The summed E-state index contributed by atoms with van der Waals surface area (Å²) < 4.78 is 0. The van der Waals surface area contributed by atoms with Gasteiger partial charge in [-0.05, 0) is 29.2 Å². The Labute approximate surface area is 146 Å². The first-order valence-electron chi connectivity index (χ1n) is 7.69. The van der Waals surface area contributed by atoms with Crippen molar-refractivity contribution >= 4 is 24.2 Å². The van der Waals surface area contributed by atoms with Crippen LogP contribution in [0.4, 0.5) is 0 Å². The van der Waals surface area contributed by atoms with Crippen LogP contribution >= 0.6 is 12.4 Å². The molecular formula is C18H18ClN3O2. The summed E-state index contributed by atoms with van der Waals surface area (Å²) in [6.45, 7) is 0.476. The maximum Gasteiger partial charge on any atom is 0.252 e. The molecule has 124 valence electrons. The molecule has 5 nitrogen and oxygen atoms in total. The molecule has 2 atom stereocenters. The van der Waals surface area contributed by atoms with Crippen molar-refractivity contribution in [2.75, 3.05) is 0 Å². The Hall–Kier alpha value is -2.37. The third kappa shape index (κ3) is 2.56. The number of amides is 2. The van der Waals surface area contributed by atoms with Crippen LogP contribution in [0, 0.1) is 0 Å². The average Bonchev–Trinajstić information content (AvgIpc) is 3.09. The van der Waals surface area contributed by atoms with Gasteiger partial charge in [0.1, 0.15) is 0 Å². The number of nitrogens with one attached hydrogen (secondary N) is 2. The number of carbonyl (C=O) groups is 2. The number of rotatable bonds is 2. The van der Waals surface area contributed by atoms with Gasteiger partial charge < -0.3 is 16.4 Å². The van der Waals surface area contributed by atoms with E-state index in [9.17, 15) is 9.59 Å². The van der Waals surface area contributed by atoms with E-state index in [1.165, 1.54) is 5.56 Å². The zero-order valence-electron chi connectivity index (χ0n) is 12.9.